The summed E-state index contributed by atoms with van der Waals surface area (Å²) in [6.45, 7) is 7.73. The third-order valence-corrected chi connectivity index (χ3v) is 8.29. The quantitative estimate of drug-likeness (QED) is 0.206. The first-order valence-electron chi connectivity index (χ1n) is 14.9. The van der Waals surface area contributed by atoms with Crippen molar-refractivity contribution in [3.05, 3.63) is 84.3 Å². The second-order valence-corrected chi connectivity index (χ2v) is 11.7. The molecule has 3 aromatic carbocycles. The largest absolute Gasteiger partial charge is 0.457 e. The first kappa shape index (κ1) is 27.8. The predicted molar refractivity (Wildman–Crippen MR) is 174 cm³/mol. The van der Waals surface area contributed by atoms with Gasteiger partial charge in [-0.05, 0) is 61.0 Å². The van der Waals surface area contributed by atoms with Crippen LogP contribution >= 0.6 is 0 Å². The maximum absolute atomic E-state index is 15.6. The Labute approximate surface area is 255 Å². The Morgan fingerprint density at radius 2 is 1.73 bits per heavy atom. The number of anilines is 3. The van der Waals surface area contributed by atoms with E-state index in [0.29, 0.717) is 45.7 Å². The maximum atomic E-state index is 15.6. The van der Waals surface area contributed by atoms with Crippen LogP contribution in [0.4, 0.5) is 21.7 Å². The monoisotopic (exact) mass is 590 g/mol. The number of aromatic amines is 1. The molecular formula is C34H35FN8O. The normalized spacial score (nSPS) is 14.2. The highest BCUT2D eigenvalue weighted by Gasteiger charge is 2.21. The summed E-state index contributed by atoms with van der Waals surface area (Å²) in [5.41, 5.74) is 6.14. The second-order valence-electron chi connectivity index (χ2n) is 11.7. The van der Waals surface area contributed by atoms with E-state index in [2.05, 4.69) is 69.2 Å². The van der Waals surface area contributed by atoms with Crippen molar-refractivity contribution in [3.63, 3.8) is 0 Å². The number of fused-ring (bicyclic) bond motifs is 2. The number of hydrogen-bond acceptors (Lipinski definition) is 7. The number of ether oxygens (including phenoxy) is 1. The maximum Gasteiger partial charge on any atom is 0.208 e. The molecule has 1 fully saturated rings. The van der Waals surface area contributed by atoms with Crippen LogP contribution in [-0.2, 0) is 7.05 Å². The number of nitrogens with one attached hydrogen (secondary N) is 2. The number of likely N-dealkylation sites (N-methyl/N-ethyl adjacent to an activating group) is 1. The molecule has 224 valence electrons. The Morgan fingerprint density at radius 1 is 0.909 bits per heavy atom. The van der Waals surface area contributed by atoms with Gasteiger partial charge in [-0.15, -0.1) is 0 Å². The summed E-state index contributed by atoms with van der Waals surface area (Å²) in [5, 5.41) is 3.45. The van der Waals surface area contributed by atoms with Crippen LogP contribution in [0.5, 0.6) is 11.5 Å². The van der Waals surface area contributed by atoms with E-state index in [4.69, 9.17) is 9.72 Å². The number of halogens is 1. The lowest BCUT2D eigenvalue weighted by molar-refractivity contribution is 0.312. The molecule has 44 heavy (non-hydrogen) atoms. The topological polar surface area (TPSA) is 87.1 Å². The van der Waals surface area contributed by atoms with E-state index in [-0.39, 0.29) is 5.82 Å². The smallest absolute Gasteiger partial charge is 0.208 e. The minimum atomic E-state index is -0.313. The number of pyridine rings is 1. The van der Waals surface area contributed by atoms with E-state index < -0.39 is 0 Å². The van der Waals surface area contributed by atoms with Crippen molar-refractivity contribution in [2.75, 3.05) is 43.4 Å². The zero-order valence-electron chi connectivity index (χ0n) is 25.3. The van der Waals surface area contributed by atoms with Gasteiger partial charge in [0.25, 0.3) is 0 Å². The lowest BCUT2D eigenvalue weighted by atomic mass is 10.0. The Kier molecular flexibility index (Phi) is 7.14. The number of rotatable bonds is 7. The summed E-state index contributed by atoms with van der Waals surface area (Å²) in [6, 6.07) is 21.5. The molecule has 1 saturated heterocycles. The van der Waals surface area contributed by atoms with Crippen molar-refractivity contribution in [1.82, 2.24) is 29.4 Å². The van der Waals surface area contributed by atoms with Crippen LogP contribution in [0.15, 0.2) is 72.9 Å². The molecule has 0 radical (unpaired) electrons. The van der Waals surface area contributed by atoms with Crippen LogP contribution in [0, 0.1) is 5.82 Å². The second kappa shape index (κ2) is 11.3. The molecule has 0 saturated carbocycles. The SMILES string of the molecule is CC(C)c1cccc(Nc2nc3cc(Oc4ccnc(-c5nc6c(F)c(N7CCN(C)CC7)ccc6[nH]5)c4)ccc3n2C)c1. The van der Waals surface area contributed by atoms with Gasteiger partial charge in [0.05, 0.1) is 22.2 Å². The molecule has 1 aliphatic heterocycles. The lowest BCUT2D eigenvalue weighted by Gasteiger charge is -2.34. The average molecular weight is 591 g/mol. The molecule has 1 aliphatic rings. The number of piperazine rings is 1. The molecule has 7 rings (SSSR count). The summed E-state index contributed by atoms with van der Waals surface area (Å²) >= 11 is 0. The van der Waals surface area contributed by atoms with E-state index in [1.807, 2.05) is 48.0 Å². The van der Waals surface area contributed by atoms with E-state index in [0.717, 1.165) is 48.8 Å². The van der Waals surface area contributed by atoms with Gasteiger partial charge in [-0.3, -0.25) is 4.98 Å². The van der Waals surface area contributed by atoms with Gasteiger partial charge in [-0.2, -0.15) is 0 Å². The van der Waals surface area contributed by atoms with Gasteiger partial charge < -0.3 is 29.4 Å². The molecule has 3 aromatic heterocycles. The van der Waals surface area contributed by atoms with Gasteiger partial charge in [0.1, 0.15) is 22.7 Å². The molecular weight excluding hydrogens is 555 g/mol. The highest BCUT2D eigenvalue weighted by Crippen LogP contribution is 2.32. The molecule has 4 heterocycles. The fraction of sp³-hybridized carbons (Fsp3) is 0.265. The molecule has 0 spiro atoms. The number of imidazole rings is 2. The molecule has 10 heteroatoms. The van der Waals surface area contributed by atoms with Crippen molar-refractivity contribution in [2.45, 2.75) is 19.8 Å². The van der Waals surface area contributed by atoms with Crippen molar-refractivity contribution in [3.8, 4) is 23.0 Å². The zero-order valence-corrected chi connectivity index (χ0v) is 25.3. The highest BCUT2D eigenvalue weighted by atomic mass is 19.1. The average Bonchev–Trinajstić information content (AvgIpc) is 3.60. The molecule has 0 unspecified atom stereocenters. The zero-order chi connectivity index (χ0) is 30.4. The molecule has 0 bridgehead atoms. The van der Waals surface area contributed by atoms with Crippen LogP contribution < -0.4 is 15.0 Å². The summed E-state index contributed by atoms with van der Waals surface area (Å²) in [5.74, 6) is 2.60. The van der Waals surface area contributed by atoms with Gasteiger partial charge in [0.15, 0.2) is 11.6 Å². The van der Waals surface area contributed by atoms with E-state index in [1.54, 1.807) is 18.3 Å². The predicted octanol–water partition coefficient (Wildman–Crippen LogP) is 7.06. The van der Waals surface area contributed by atoms with Gasteiger partial charge in [0.2, 0.25) is 5.95 Å². The number of hydrogen-bond donors (Lipinski definition) is 2. The molecule has 2 N–H and O–H groups in total. The fourth-order valence-corrected chi connectivity index (χ4v) is 5.64. The first-order chi connectivity index (χ1) is 21.3. The van der Waals surface area contributed by atoms with E-state index in [9.17, 15) is 0 Å². The summed E-state index contributed by atoms with van der Waals surface area (Å²) in [6.07, 6.45) is 1.66. The summed E-state index contributed by atoms with van der Waals surface area (Å²) < 4.78 is 23.8. The Hall–Kier alpha value is -4.96. The third-order valence-electron chi connectivity index (χ3n) is 8.29. The van der Waals surface area contributed by atoms with Crippen molar-refractivity contribution in [2.24, 2.45) is 7.05 Å². The summed E-state index contributed by atoms with van der Waals surface area (Å²) in [7, 11) is 4.07. The van der Waals surface area contributed by atoms with Gasteiger partial charge >= 0.3 is 0 Å². The van der Waals surface area contributed by atoms with Crippen LogP contribution in [0.25, 0.3) is 33.6 Å². The number of H-pyrrole nitrogens is 1. The van der Waals surface area contributed by atoms with E-state index >= 15 is 4.39 Å². The molecule has 6 aromatic rings. The van der Waals surface area contributed by atoms with Crippen LogP contribution in [0.2, 0.25) is 0 Å². The summed E-state index contributed by atoms with van der Waals surface area (Å²) in [4.78, 5) is 21.5. The molecule has 0 atom stereocenters. The number of aromatic nitrogens is 5. The number of benzene rings is 3. The van der Waals surface area contributed by atoms with Gasteiger partial charge in [-0.1, -0.05) is 26.0 Å². The first-order valence-corrected chi connectivity index (χ1v) is 14.9. The Morgan fingerprint density at radius 3 is 2.55 bits per heavy atom. The van der Waals surface area contributed by atoms with Crippen molar-refractivity contribution < 1.29 is 9.13 Å². The minimum absolute atomic E-state index is 0.311. The van der Waals surface area contributed by atoms with Crippen LogP contribution in [0.3, 0.4) is 0 Å². The van der Waals surface area contributed by atoms with Crippen LogP contribution in [0.1, 0.15) is 25.3 Å². The number of aryl methyl sites for hydroxylation is 1. The molecule has 0 amide bonds. The molecule has 9 nitrogen and oxygen atoms in total. The van der Waals surface area contributed by atoms with E-state index in [1.165, 1.54) is 5.56 Å². The van der Waals surface area contributed by atoms with Crippen molar-refractivity contribution >= 4 is 39.4 Å². The fourth-order valence-electron chi connectivity index (χ4n) is 5.64. The van der Waals surface area contributed by atoms with Crippen molar-refractivity contribution in [1.29, 1.82) is 0 Å². The number of nitrogens with zero attached hydrogens (tertiary/aromatic N) is 6. The Balaban J connectivity index is 1.12. The minimum Gasteiger partial charge on any atom is -0.457 e. The molecule has 0 aliphatic carbocycles. The third kappa shape index (κ3) is 5.33. The van der Waals surface area contributed by atoms with Gasteiger partial charge in [-0.25, -0.2) is 14.4 Å². The lowest BCUT2D eigenvalue weighted by Crippen LogP contribution is -2.44. The Bertz CT molecular complexity index is 1970. The van der Waals surface area contributed by atoms with Gasteiger partial charge in [0, 0.05) is 57.2 Å². The highest BCUT2D eigenvalue weighted by molar-refractivity contribution is 5.84. The van der Waals surface area contributed by atoms with Crippen LogP contribution in [-0.4, -0.2) is 62.6 Å². The standard InChI is InChI=1S/C34H35FN8O/c1-21(2)22-6-5-7-23(18-22)37-34-39-27-19-24(8-10-29(27)42(34)4)44-25-12-13-36-28(20-25)33-38-26-9-11-30(31(35)32(26)40-33)43-16-14-41(3)15-17-43/h5-13,18-21H,14-17H2,1-4H3,(H,37,39)(H,38,40).